The molecule has 0 radical (unpaired) electrons. The molecular formula is C16H16FN5O2. The number of hydrogen-bond acceptors (Lipinski definition) is 6. The molecule has 0 spiro atoms. The lowest BCUT2D eigenvalue weighted by Gasteiger charge is -2.08. The predicted octanol–water partition coefficient (Wildman–Crippen LogP) is 2.16. The second-order valence-electron chi connectivity index (χ2n) is 4.86. The summed E-state index contributed by atoms with van der Waals surface area (Å²) in [5, 5.41) is 0. The van der Waals surface area contributed by atoms with Crippen molar-refractivity contribution in [1.29, 1.82) is 0 Å². The van der Waals surface area contributed by atoms with E-state index in [1.54, 1.807) is 24.3 Å². The van der Waals surface area contributed by atoms with Crippen LogP contribution in [0.2, 0.25) is 0 Å². The van der Waals surface area contributed by atoms with Crippen LogP contribution < -0.4 is 20.9 Å². The summed E-state index contributed by atoms with van der Waals surface area (Å²) in [7, 11) is 1.41. The first-order valence-electron chi connectivity index (χ1n) is 7.11. The van der Waals surface area contributed by atoms with Crippen molar-refractivity contribution < 1.29 is 13.9 Å². The summed E-state index contributed by atoms with van der Waals surface area (Å²) in [6.07, 6.45) is 1.54. The van der Waals surface area contributed by atoms with E-state index in [1.807, 2.05) is 0 Å². The largest absolute Gasteiger partial charge is 0.494 e. The van der Waals surface area contributed by atoms with Crippen molar-refractivity contribution in [2.24, 2.45) is 5.73 Å². The summed E-state index contributed by atoms with van der Waals surface area (Å²) < 4.78 is 25.0. The summed E-state index contributed by atoms with van der Waals surface area (Å²) in [6.45, 7) is -0.0538. The number of rotatable bonds is 5. The summed E-state index contributed by atoms with van der Waals surface area (Å²) in [5.74, 6) is 0.167. The molecule has 2 heterocycles. The van der Waals surface area contributed by atoms with E-state index in [9.17, 15) is 4.39 Å². The van der Waals surface area contributed by atoms with Crippen molar-refractivity contribution >= 4 is 5.95 Å². The van der Waals surface area contributed by atoms with Crippen LogP contribution in [0, 0.1) is 5.82 Å². The number of aromatic amines is 1. The second-order valence-corrected chi connectivity index (χ2v) is 4.86. The van der Waals surface area contributed by atoms with Gasteiger partial charge in [-0.05, 0) is 18.2 Å². The predicted molar refractivity (Wildman–Crippen MR) is 87.9 cm³/mol. The molecule has 3 rings (SSSR count). The molecule has 5 N–H and O–H groups in total. The van der Waals surface area contributed by atoms with Gasteiger partial charge in [-0.25, -0.2) is 14.4 Å². The molecule has 0 saturated heterocycles. The maximum absolute atomic E-state index is 14.6. The smallest absolute Gasteiger partial charge is 0.220 e. The van der Waals surface area contributed by atoms with E-state index in [0.717, 1.165) is 0 Å². The zero-order valence-corrected chi connectivity index (χ0v) is 12.9. The van der Waals surface area contributed by atoms with E-state index in [0.29, 0.717) is 28.4 Å². The third kappa shape index (κ3) is 2.86. The number of nitrogens with two attached hydrogens (primary N) is 2. The number of nitrogen functional groups attached to an aromatic ring is 1. The lowest BCUT2D eigenvalue weighted by Crippen LogP contribution is -2.07. The fourth-order valence-corrected chi connectivity index (χ4v) is 2.36. The molecule has 0 aliphatic heterocycles. The zero-order valence-electron chi connectivity index (χ0n) is 12.9. The van der Waals surface area contributed by atoms with E-state index in [4.69, 9.17) is 20.9 Å². The van der Waals surface area contributed by atoms with Crippen LogP contribution in [0.3, 0.4) is 0 Å². The minimum atomic E-state index is -0.502. The normalized spacial score (nSPS) is 10.6. The molecule has 0 aliphatic rings. The zero-order chi connectivity index (χ0) is 17.1. The summed E-state index contributed by atoms with van der Waals surface area (Å²) in [4.78, 5) is 11.1. The lowest BCUT2D eigenvalue weighted by atomic mass is 10.1. The van der Waals surface area contributed by atoms with Gasteiger partial charge in [-0.3, -0.25) is 5.73 Å². The molecule has 0 saturated carbocycles. The van der Waals surface area contributed by atoms with Crippen molar-refractivity contribution in [2.45, 2.75) is 0 Å². The topological polar surface area (TPSA) is 112 Å². The van der Waals surface area contributed by atoms with Gasteiger partial charge in [0.15, 0.2) is 11.6 Å². The Morgan fingerprint density at radius 1 is 1.25 bits per heavy atom. The van der Waals surface area contributed by atoms with Gasteiger partial charge in [0.05, 0.1) is 24.2 Å². The minimum Gasteiger partial charge on any atom is -0.494 e. The second kappa shape index (κ2) is 6.55. The molecule has 124 valence electrons. The van der Waals surface area contributed by atoms with Crippen LogP contribution in [0.25, 0.3) is 22.6 Å². The summed E-state index contributed by atoms with van der Waals surface area (Å²) in [6, 6.07) is 8.21. The number of aromatic nitrogens is 3. The van der Waals surface area contributed by atoms with Crippen LogP contribution in [0.5, 0.6) is 11.5 Å². The SMILES string of the molecule is COc1cccc(-c2[nH]c(-c3ccnc(N)n3)cc2OCN)c1F. The van der Waals surface area contributed by atoms with E-state index >= 15 is 0 Å². The Kier molecular flexibility index (Phi) is 4.30. The lowest BCUT2D eigenvalue weighted by molar-refractivity contribution is 0.331. The average molecular weight is 329 g/mol. The van der Waals surface area contributed by atoms with E-state index in [1.165, 1.54) is 19.4 Å². The van der Waals surface area contributed by atoms with Crippen molar-refractivity contribution in [3.05, 3.63) is 42.3 Å². The van der Waals surface area contributed by atoms with Crippen molar-refractivity contribution in [2.75, 3.05) is 19.6 Å². The molecule has 8 heteroatoms. The van der Waals surface area contributed by atoms with Gasteiger partial charge in [-0.2, -0.15) is 0 Å². The van der Waals surface area contributed by atoms with Crippen LogP contribution in [0.4, 0.5) is 10.3 Å². The molecule has 2 aromatic heterocycles. The highest BCUT2D eigenvalue weighted by molar-refractivity contribution is 5.74. The highest BCUT2D eigenvalue weighted by Gasteiger charge is 2.18. The Hall–Kier alpha value is -3.13. The summed E-state index contributed by atoms with van der Waals surface area (Å²) >= 11 is 0. The van der Waals surface area contributed by atoms with Gasteiger partial charge < -0.3 is 20.2 Å². The molecule has 0 fully saturated rings. The molecule has 7 nitrogen and oxygen atoms in total. The van der Waals surface area contributed by atoms with Gasteiger partial charge in [-0.1, -0.05) is 6.07 Å². The highest BCUT2D eigenvalue weighted by atomic mass is 19.1. The highest BCUT2D eigenvalue weighted by Crippen LogP contribution is 2.37. The van der Waals surface area contributed by atoms with Gasteiger partial charge in [0, 0.05) is 17.8 Å². The molecule has 1 aromatic carbocycles. The molecule has 24 heavy (non-hydrogen) atoms. The number of nitrogens with one attached hydrogen (secondary N) is 1. The van der Waals surface area contributed by atoms with Crippen molar-refractivity contribution in [3.63, 3.8) is 0 Å². The van der Waals surface area contributed by atoms with Gasteiger partial charge in [0.2, 0.25) is 5.95 Å². The molecule has 0 atom stereocenters. The van der Waals surface area contributed by atoms with E-state index < -0.39 is 5.82 Å². The third-order valence-electron chi connectivity index (χ3n) is 3.42. The van der Waals surface area contributed by atoms with Crippen LogP contribution >= 0.6 is 0 Å². The monoisotopic (exact) mass is 329 g/mol. The first-order valence-corrected chi connectivity index (χ1v) is 7.11. The number of benzene rings is 1. The van der Waals surface area contributed by atoms with Gasteiger partial charge in [0.25, 0.3) is 0 Å². The Bertz CT molecular complexity index is 865. The Labute approximate surface area is 137 Å². The Morgan fingerprint density at radius 3 is 2.79 bits per heavy atom. The standard InChI is InChI=1S/C16H16FN5O2/c1-23-12-4-2-3-9(14(12)17)15-13(24-8-18)7-11(21-15)10-5-6-20-16(19)22-10/h2-7,21H,8,18H2,1H3,(H2,19,20,22). The number of halogens is 1. The fraction of sp³-hybridized carbons (Fsp3) is 0.125. The van der Waals surface area contributed by atoms with E-state index in [2.05, 4.69) is 15.0 Å². The number of hydrogen-bond donors (Lipinski definition) is 3. The van der Waals surface area contributed by atoms with Gasteiger partial charge in [0.1, 0.15) is 12.5 Å². The Balaban J connectivity index is 2.14. The van der Waals surface area contributed by atoms with Gasteiger partial charge >= 0.3 is 0 Å². The van der Waals surface area contributed by atoms with Gasteiger partial charge in [-0.15, -0.1) is 0 Å². The number of methoxy groups -OCH3 is 1. The van der Waals surface area contributed by atoms with Crippen molar-refractivity contribution in [1.82, 2.24) is 15.0 Å². The maximum Gasteiger partial charge on any atom is 0.220 e. The maximum atomic E-state index is 14.6. The molecule has 0 unspecified atom stereocenters. The fourth-order valence-electron chi connectivity index (χ4n) is 2.36. The third-order valence-corrected chi connectivity index (χ3v) is 3.42. The average Bonchev–Trinajstić information content (AvgIpc) is 2.99. The quantitative estimate of drug-likeness (QED) is 0.618. The van der Waals surface area contributed by atoms with Crippen LogP contribution in [-0.4, -0.2) is 28.8 Å². The van der Waals surface area contributed by atoms with Crippen LogP contribution in [0.15, 0.2) is 36.5 Å². The number of H-pyrrole nitrogens is 1. The number of ether oxygens (including phenoxy) is 2. The number of nitrogens with zero attached hydrogens (tertiary/aromatic N) is 2. The molecule has 3 aromatic rings. The van der Waals surface area contributed by atoms with Crippen molar-refractivity contribution in [3.8, 4) is 34.1 Å². The van der Waals surface area contributed by atoms with E-state index in [-0.39, 0.29) is 18.4 Å². The molecule has 0 aliphatic carbocycles. The molecule has 0 bridgehead atoms. The first-order chi connectivity index (χ1) is 11.6. The first kappa shape index (κ1) is 15.8. The van der Waals surface area contributed by atoms with Crippen LogP contribution in [0.1, 0.15) is 0 Å². The molecule has 0 amide bonds. The molecular weight excluding hydrogens is 313 g/mol. The minimum absolute atomic E-state index is 0.0538. The Morgan fingerprint density at radius 2 is 2.08 bits per heavy atom. The van der Waals surface area contributed by atoms with Crippen LogP contribution in [-0.2, 0) is 0 Å². The summed E-state index contributed by atoms with van der Waals surface area (Å²) in [5.41, 5.74) is 13.0. The number of anilines is 1.